The van der Waals surface area contributed by atoms with Crippen LogP contribution in [-0.4, -0.2) is 34.2 Å². The van der Waals surface area contributed by atoms with Crippen molar-refractivity contribution in [2.45, 2.75) is 32.2 Å². The second-order valence-electron chi connectivity index (χ2n) is 4.30. The van der Waals surface area contributed by atoms with Crippen LogP contribution >= 0.6 is 0 Å². The van der Waals surface area contributed by atoms with Gasteiger partial charge >= 0.3 is 0 Å². The minimum absolute atomic E-state index is 0.0588. The molecule has 15 heavy (non-hydrogen) atoms. The molecule has 0 bridgehead atoms. The zero-order chi connectivity index (χ0) is 11.3. The van der Waals surface area contributed by atoms with Gasteiger partial charge in [0.15, 0.2) is 0 Å². The van der Waals surface area contributed by atoms with E-state index in [1.54, 1.807) is 0 Å². The Bertz CT molecular complexity index is 224. The quantitative estimate of drug-likeness (QED) is 0.649. The van der Waals surface area contributed by atoms with Crippen LogP contribution in [0, 0.1) is 5.92 Å². The SMILES string of the molecule is CC(N)CCS(=O)CC(=O)NCC1CC1. The molecule has 4 nitrogen and oxygen atoms in total. The van der Waals surface area contributed by atoms with E-state index in [0.717, 1.165) is 6.54 Å². The van der Waals surface area contributed by atoms with Gasteiger partial charge in [-0.2, -0.15) is 0 Å². The highest BCUT2D eigenvalue weighted by Gasteiger charge is 2.21. The third-order valence-electron chi connectivity index (χ3n) is 2.38. The number of carbonyl (C=O) groups excluding carboxylic acids is 1. The molecule has 0 aromatic rings. The predicted molar refractivity (Wildman–Crippen MR) is 61.9 cm³/mol. The van der Waals surface area contributed by atoms with Gasteiger partial charge in [-0.25, -0.2) is 0 Å². The van der Waals surface area contributed by atoms with Gasteiger partial charge < -0.3 is 11.1 Å². The van der Waals surface area contributed by atoms with Gasteiger partial charge in [-0.1, -0.05) is 0 Å². The maximum atomic E-state index is 11.4. The summed E-state index contributed by atoms with van der Waals surface area (Å²) >= 11 is 0. The lowest BCUT2D eigenvalue weighted by Crippen LogP contribution is -2.31. The molecule has 1 rings (SSSR count). The zero-order valence-corrected chi connectivity index (χ0v) is 10.0. The summed E-state index contributed by atoms with van der Waals surface area (Å²) in [6.45, 7) is 2.63. The highest BCUT2D eigenvalue weighted by Crippen LogP contribution is 2.27. The largest absolute Gasteiger partial charge is 0.355 e. The molecule has 1 aliphatic rings. The molecule has 1 amide bonds. The Morgan fingerprint density at radius 3 is 2.80 bits per heavy atom. The Kier molecular flexibility index (Phi) is 5.25. The lowest BCUT2D eigenvalue weighted by Gasteiger charge is -2.06. The molecule has 1 fully saturated rings. The van der Waals surface area contributed by atoms with Crippen LogP contribution in [-0.2, 0) is 15.6 Å². The second-order valence-corrected chi connectivity index (χ2v) is 5.88. The molecule has 5 heteroatoms. The summed E-state index contributed by atoms with van der Waals surface area (Å²) in [5.41, 5.74) is 5.54. The normalized spacial score (nSPS) is 19.6. The smallest absolute Gasteiger partial charge is 0.232 e. The van der Waals surface area contributed by atoms with E-state index in [9.17, 15) is 9.00 Å². The Labute approximate surface area is 93.4 Å². The van der Waals surface area contributed by atoms with Crippen molar-refractivity contribution in [2.75, 3.05) is 18.1 Å². The zero-order valence-electron chi connectivity index (χ0n) is 9.20. The van der Waals surface area contributed by atoms with Gasteiger partial charge in [-0.3, -0.25) is 9.00 Å². The van der Waals surface area contributed by atoms with Gasteiger partial charge in [0.25, 0.3) is 0 Å². The van der Waals surface area contributed by atoms with Gasteiger partial charge in [0.2, 0.25) is 5.91 Å². The van der Waals surface area contributed by atoms with Crippen LogP contribution in [0.15, 0.2) is 0 Å². The maximum absolute atomic E-state index is 11.4. The number of amides is 1. The molecular weight excluding hydrogens is 212 g/mol. The van der Waals surface area contributed by atoms with E-state index in [1.807, 2.05) is 6.92 Å². The van der Waals surface area contributed by atoms with Crippen LogP contribution in [0.2, 0.25) is 0 Å². The Morgan fingerprint density at radius 1 is 1.60 bits per heavy atom. The molecule has 0 aromatic carbocycles. The monoisotopic (exact) mass is 232 g/mol. The van der Waals surface area contributed by atoms with Crippen molar-refractivity contribution in [3.05, 3.63) is 0 Å². The molecule has 1 aliphatic carbocycles. The number of carbonyl (C=O) groups is 1. The summed E-state index contributed by atoms with van der Waals surface area (Å²) in [6.07, 6.45) is 3.14. The highest BCUT2D eigenvalue weighted by atomic mass is 32.2. The number of rotatable bonds is 7. The average Bonchev–Trinajstić information content (AvgIpc) is 2.95. The fourth-order valence-electron chi connectivity index (χ4n) is 1.17. The third kappa shape index (κ3) is 6.62. The maximum Gasteiger partial charge on any atom is 0.232 e. The molecule has 1 saturated carbocycles. The second kappa shape index (κ2) is 6.23. The molecule has 3 N–H and O–H groups in total. The van der Waals surface area contributed by atoms with Crippen LogP contribution in [0.3, 0.4) is 0 Å². The molecule has 0 saturated heterocycles. The number of nitrogens with two attached hydrogens (primary N) is 1. The van der Waals surface area contributed by atoms with Crippen molar-refractivity contribution >= 4 is 16.7 Å². The highest BCUT2D eigenvalue weighted by molar-refractivity contribution is 7.85. The minimum atomic E-state index is -1.06. The summed E-state index contributed by atoms with van der Waals surface area (Å²) in [4.78, 5) is 11.3. The first kappa shape index (κ1) is 12.6. The van der Waals surface area contributed by atoms with Gasteiger partial charge in [-0.15, -0.1) is 0 Å². The van der Waals surface area contributed by atoms with Gasteiger partial charge in [0.1, 0.15) is 5.75 Å². The van der Waals surface area contributed by atoms with E-state index in [4.69, 9.17) is 5.73 Å². The van der Waals surface area contributed by atoms with E-state index in [-0.39, 0.29) is 17.7 Å². The molecule has 0 aliphatic heterocycles. The summed E-state index contributed by atoms with van der Waals surface area (Å²) in [5, 5.41) is 2.80. The van der Waals surface area contributed by atoms with Gasteiger partial charge in [0, 0.05) is 29.1 Å². The summed E-state index contributed by atoms with van der Waals surface area (Å²) in [5.74, 6) is 1.23. The molecule has 0 spiro atoms. The Balaban J connectivity index is 2.04. The molecule has 0 radical (unpaired) electrons. The first-order valence-corrected chi connectivity index (χ1v) is 6.94. The topological polar surface area (TPSA) is 72.2 Å². The van der Waals surface area contributed by atoms with E-state index in [2.05, 4.69) is 5.32 Å². The first-order valence-electron chi connectivity index (χ1n) is 5.45. The molecular formula is C10H20N2O2S. The lowest BCUT2D eigenvalue weighted by atomic mass is 10.3. The fourth-order valence-corrected chi connectivity index (χ4v) is 2.34. The summed E-state index contributed by atoms with van der Waals surface area (Å²) in [7, 11) is -1.06. The average molecular weight is 232 g/mol. The Morgan fingerprint density at radius 2 is 2.27 bits per heavy atom. The lowest BCUT2D eigenvalue weighted by molar-refractivity contribution is -0.118. The first-order chi connectivity index (χ1) is 7.08. The van der Waals surface area contributed by atoms with Crippen LogP contribution in [0.4, 0.5) is 0 Å². The van der Waals surface area contributed by atoms with Gasteiger partial charge in [0.05, 0.1) is 0 Å². The number of nitrogens with one attached hydrogen (secondary N) is 1. The van der Waals surface area contributed by atoms with E-state index in [1.165, 1.54) is 12.8 Å². The van der Waals surface area contributed by atoms with Crippen LogP contribution in [0.1, 0.15) is 26.2 Å². The van der Waals surface area contributed by atoms with E-state index in [0.29, 0.717) is 18.1 Å². The minimum Gasteiger partial charge on any atom is -0.355 e. The summed E-state index contributed by atoms with van der Waals surface area (Å²) < 4.78 is 11.4. The fraction of sp³-hybridized carbons (Fsp3) is 0.900. The van der Waals surface area contributed by atoms with Crippen molar-refractivity contribution in [1.29, 1.82) is 0 Å². The van der Waals surface area contributed by atoms with E-state index < -0.39 is 10.8 Å². The third-order valence-corrected chi connectivity index (χ3v) is 3.65. The molecule has 2 unspecified atom stereocenters. The molecule has 0 aromatic heterocycles. The van der Waals surface area contributed by atoms with Crippen molar-refractivity contribution < 1.29 is 9.00 Å². The van der Waals surface area contributed by atoms with E-state index >= 15 is 0 Å². The Hall–Kier alpha value is -0.420. The number of hydrogen-bond donors (Lipinski definition) is 2. The van der Waals surface area contributed by atoms with Crippen LogP contribution in [0.25, 0.3) is 0 Å². The summed E-state index contributed by atoms with van der Waals surface area (Å²) in [6, 6.07) is 0.0588. The molecule has 88 valence electrons. The standard InChI is InChI=1S/C10H20N2O2S/c1-8(11)4-5-15(14)7-10(13)12-6-9-2-3-9/h8-9H,2-7,11H2,1H3,(H,12,13). The van der Waals surface area contributed by atoms with Crippen molar-refractivity contribution in [3.8, 4) is 0 Å². The predicted octanol–water partition coefficient (Wildman–Crippen LogP) is -0.00140. The van der Waals surface area contributed by atoms with Crippen molar-refractivity contribution in [2.24, 2.45) is 11.7 Å². The van der Waals surface area contributed by atoms with Crippen molar-refractivity contribution in [3.63, 3.8) is 0 Å². The molecule has 2 atom stereocenters. The van der Waals surface area contributed by atoms with Crippen molar-refractivity contribution in [1.82, 2.24) is 5.32 Å². The van der Waals surface area contributed by atoms with Crippen LogP contribution < -0.4 is 11.1 Å². The molecule has 0 heterocycles. The number of hydrogen-bond acceptors (Lipinski definition) is 3. The van der Waals surface area contributed by atoms with Crippen LogP contribution in [0.5, 0.6) is 0 Å². The van der Waals surface area contributed by atoms with Gasteiger partial charge in [-0.05, 0) is 32.1 Å².